The minimum atomic E-state index is -0.225. The van der Waals surface area contributed by atoms with Gasteiger partial charge in [-0.15, -0.1) is 0 Å². The zero-order chi connectivity index (χ0) is 18.2. The van der Waals surface area contributed by atoms with Gasteiger partial charge in [-0.3, -0.25) is 9.59 Å². The molecule has 0 bridgehead atoms. The lowest BCUT2D eigenvalue weighted by molar-refractivity contribution is -0.116. The van der Waals surface area contributed by atoms with Gasteiger partial charge in [0.05, 0.1) is 7.11 Å². The Morgan fingerprint density at radius 1 is 1.08 bits per heavy atom. The molecule has 0 aliphatic rings. The maximum Gasteiger partial charge on any atom is 0.255 e. The lowest BCUT2D eigenvalue weighted by atomic mass is 10.1. The molecule has 0 radical (unpaired) electrons. The largest absolute Gasteiger partial charge is 0.497 e. The number of ether oxygens (including phenoxy) is 1. The van der Waals surface area contributed by atoms with E-state index in [1.807, 2.05) is 13.0 Å². The van der Waals surface area contributed by atoms with Crippen molar-refractivity contribution in [1.29, 1.82) is 0 Å². The first kappa shape index (κ1) is 18.5. The summed E-state index contributed by atoms with van der Waals surface area (Å²) in [7, 11) is 1.58. The molecule has 0 saturated carbocycles. The highest BCUT2D eigenvalue weighted by Crippen LogP contribution is 2.22. The van der Waals surface area contributed by atoms with E-state index in [0.29, 0.717) is 42.1 Å². The molecule has 0 spiro atoms. The first-order chi connectivity index (χ1) is 12.0. The van der Waals surface area contributed by atoms with Crippen molar-refractivity contribution in [3.8, 4) is 5.75 Å². The van der Waals surface area contributed by atoms with Crippen LogP contribution < -0.4 is 21.1 Å². The first-order valence-corrected chi connectivity index (χ1v) is 8.09. The second-order valence-corrected chi connectivity index (χ2v) is 5.65. The van der Waals surface area contributed by atoms with E-state index >= 15 is 0 Å². The van der Waals surface area contributed by atoms with Crippen molar-refractivity contribution in [1.82, 2.24) is 0 Å². The van der Waals surface area contributed by atoms with Gasteiger partial charge in [0.25, 0.3) is 5.91 Å². The van der Waals surface area contributed by atoms with Crippen LogP contribution in [-0.4, -0.2) is 25.5 Å². The van der Waals surface area contributed by atoms with Crippen LogP contribution in [0.5, 0.6) is 5.75 Å². The monoisotopic (exact) mass is 341 g/mol. The molecule has 6 nitrogen and oxygen atoms in total. The van der Waals surface area contributed by atoms with E-state index in [2.05, 4.69) is 10.6 Å². The summed E-state index contributed by atoms with van der Waals surface area (Å²) >= 11 is 0. The maximum absolute atomic E-state index is 12.4. The maximum atomic E-state index is 12.4. The highest BCUT2D eigenvalue weighted by molar-refractivity contribution is 6.05. The Hall–Kier alpha value is -2.86. The Labute approximate surface area is 147 Å². The first-order valence-electron chi connectivity index (χ1n) is 8.09. The van der Waals surface area contributed by atoms with Gasteiger partial charge in [-0.25, -0.2) is 0 Å². The average Bonchev–Trinajstić information content (AvgIpc) is 2.62. The van der Waals surface area contributed by atoms with E-state index in [4.69, 9.17) is 10.5 Å². The molecule has 6 heteroatoms. The fourth-order valence-corrected chi connectivity index (χ4v) is 2.26. The summed E-state index contributed by atoms with van der Waals surface area (Å²) in [4.78, 5) is 24.2. The van der Waals surface area contributed by atoms with Crippen molar-refractivity contribution >= 4 is 23.2 Å². The van der Waals surface area contributed by atoms with Gasteiger partial charge in [0.1, 0.15) is 5.75 Å². The quantitative estimate of drug-likeness (QED) is 0.722. The molecule has 4 N–H and O–H groups in total. The van der Waals surface area contributed by atoms with Crippen LogP contribution >= 0.6 is 0 Å². The Bertz CT molecular complexity index is 742. The zero-order valence-electron chi connectivity index (χ0n) is 14.5. The topological polar surface area (TPSA) is 93.5 Å². The molecule has 0 aliphatic heterocycles. The minimum Gasteiger partial charge on any atom is -0.497 e. The molecule has 2 rings (SSSR count). The molecule has 0 aromatic heterocycles. The van der Waals surface area contributed by atoms with Crippen LogP contribution in [0.1, 0.15) is 28.8 Å². The van der Waals surface area contributed by atoms with E-state index in [1.54, 1.807) is 43.5 Å². The summed E-state index contributed by atoms with van der Waals surface area (Å²) in [6.45, 7) is 2.37. The van der Waals surface area contributed by atoms with Gasteiger partial charge in [-0.2, -0.15) is 0 Å². The number of methoxy groups -OCH3 is 1. The van der Waals surface area contributed by atoms with E-state index in [0.717, 1.165) is 5.56 Å². The zero-order valence-corrected chi connectivity index (χ0v) is 14.5. The van der Waals surface area contributed by atoms with Crippen LogP contribution in [-0.2, 0) is 4.79 Å². The molecule has 2 amide bonds. The Kier molecular flexibility index (Phi) is 6.54. The number of carbonyl (C=O) groups is 2. The molecule has 0 saturated heterocycles. The minimum absolute atomic E-state index is 0.0956. The summed E-state index contributed by atoms with van der Waals surface area (Å²) in [6, 6.07) is 12.3. The number of rotatable bonds is 7. The fraction of sp³-hybridized carbons (Fsp3) is 0.263. The Morgan fingerprint density at radius 2 is 1.80 bits per heavy atom. The number of benzene rings is 2. The molecule has 2 aromatic carbocycles. The second kappa shape index (κ2) is 8.84. The second-order valence-electron chi connectivity index (χ2n) is 5.65. The predicted molar refractivity (Wildman–Crippen MR) is 99.0 cm³/mol. The smallest absolute Gasteiger partial charge is 0.255 e. The van der Waals surface area contributed by atoms with Crippen molar-refractivity contribution in [2.75, 3.05) is 24.3 Å². The average molecular weight is 341 g/mol. The van der Waals surface area contributed by atoms with Crippen molar-refractivity contribution in [2.24, 2.45) is 5.73 Å². The Morgan fingerprint density at radius 3 is 2.44 bits per heavy atom. The van der Waals surface area contributed by atoms with Gasteiger partial charge in [-0.1, -0.05) is 6.07 Å². The van der Waals surface area contributed by atoms with Gasteiger partial charge in [0.15, 0.2) is 0 Å². The van der Waals surface area contributed by atoms with Crippen molar-refractivity contribution < 1.29 is 14.3 Å². The lowest BCUT2D eigenvalue weighted by Gasteiger charge is -2.12. The highest BCUT2D eigenvalue weighted by atomic mass is 16.5. The highest BCUT2D eigenvalue weighted by Gasteiger charge is 2.10. The van der Waals surface area contributed by atoms with Gasteiger partial charge < -0.3 is 21.1 Å². The normalized spacial score (nSPS) is 10.2. The number of carbonyl (C=O) groups excluding carboxylic acids is 2. The Balaban J connectivity index is 2.08. The van der Waals surface area contributed by atoms with E-state index in [1.165, 1.54) is 0 Å². The van der Waals surface area contributed by atoms with Gasteiger partial charge in [0.2, 0.25) is 5.91 Å². The summed E-state index contributed by atoms with van der Waals surface area (Å²) in [5.41, 5.74) is 8.12. The standard InChI is InChI=1S/C19H23N3O3/c1-13-5-8-15(21-18(23)4-3-11-20)12-17(13)22-19(24)14-6-9-16(25-2)10-7-14/h5-10,12H,3-4,11,20H2,1-2H3,(H,21,23)(H,22,24). The number of nitrogens with two attached hydrogens (primary N) is 1. The summed E-state index contributed by atoms with van der Waals surface area (Å²) in [6.07, 6.45) is 1.01. The molecule has 0 unspecified atom stereocenters. The number of hydrogen-bond acceptors (Lipinski definition) is 4. The number of hydrogen-bond donors (Lipinski definition) is 3. The van der Waals surface area contributed by atoms with Crippen LogP contribution in [0.25, 0.3) is 0 Å². The van der Waals surface area contributed by atoms with E-state index in [9.17, 15) is 9.59 Å². The molecule has 2 aromatic rings. The molecule has 0 heterocycles. The van der Waals surface area contributed by atoms with E-state index in [-0.39, 0.29) is 11.8 Å². The summed E-state index contributed by atoms with van der Waals surface area (Å²) < 4.78 is 5.09. The van der Waals surface area contributed by atoms with Crippen molar-refractivity contribution in [2.45, 2.75) is 19.8 Å². The molecule has 0 aliphatic carbocycles. The molecular formula is C19H23N3O3. The van der Waals surface area contributed by atoms with Gasteiger partial charge >= 0.3 is 0 Å². The fourth-order valence-electron chi connectivity index (χ4n) is 2.26. The van der Waals surface area contributed by atoms with Crippen LogP contribution in [0.15, 0.2) is 42.5 Å². The van der Waals surface area contributed by atoms with Gasteiger partial charge in [-0.05, 0) is 61.9 Å². The molecule has 0 atom stereocenters. The van der Waals surface area contributed by atoms with Crippen LogP contribution in [0, 0.1) is 6.92 Å². The van der Waals surface area contributed by atoms with E-state index < -0.39 is 0 Å². The SMILES string of the molecule is COc1ccc(C(=O)Nc2cc(NC(=O)CCCN)ccc2C)cc1. The summed E-state index contributed by atoms with van der Waals surface area (Å²) in [5, 5.41) is 5.68. The third-order valence-electron chi connectivity index (χ3n) is 3.73. The number of aryl methyl sites for hydroxylation is 1. The van der Waals surface area contributed by atoms with Crippen LogP contribution in [0.2, 0.25) is 0 Å². The van der Waals surface area contributed by atoms with Crippen molar-refractivity contribution in [3.63, 3.8) is 0 Å². The predicted octanol–water partition coefficient (Wildman–Crippen LogP) is 2.93. The molecule has 0 fully saturated rings. The number of amides is 2. The third-order valence-corrected chi connectivity index (χ3v) is 3.73. The number of anilines is 2. The van der Waals surface area contributed by atoms with Crippen LogP contribution in [0.4, 0.5) is 11.4 Å². The molecule has 132 valence electrons. The van der Waals surface area contributed by atoms with Crippen LogP contribution in [0.3, 0.4) is 0 Å². The van der Waals surface area contributed by atoms with Gasteiger partial charge in [0, 0.05) is 23.4 Å². The lowest BCUT2D eigenvalue weighted by Crippen LogP contribution is -2.15. The summed E-state index contributed by atoms with van der Waals surface area (Å²) in [5.74, 6) is 0.369. The molecular weight excluding hydrogens is 318 g/mol. The van der Waals surface area contributed by atoms with Crippen molar-refractivity contribution in [3.05, 3.63) is 53.6 Å². The number of nitrogens with one attached hydrogen (secondary N) is 2. The molecule has 25 heavy (non-hydrogen) atoms. The third kappa shape index (κ3) is 5.32.